The van der Waals surface area contributed by atoms with E-state index in [1.54, 1.807) is 42.5 Å². The fraction of sp³-hybridized carbons (Fsp3) is 0.0526. The van der Waals surface area contributed by atoms with E-state index < -0.39 is 35.1 Å². The Kier molecular flexibility index (Phi) is 6.88. The summed E-state index contributed by atoms with van der Waals surface area (Å²) >= 11 is 0. The van der Waals surface area contributed by atoms with Crippen molar-refractivity contribution in [3.8, 4) is 56.6 Å². The summed E-state index contributed by atoms with van der Waals surface area (Å²) in [6.45, 7) is 0. The molecule has 0 bridgehead atoms. The van der Waals surface area contributed by atoms with Crippen molar-refractivity contribution < 1.29 is 35.1 Å². The first kappa shape index (κ1) is 30.6. The Bertz CT molecular complexity index is 2200. The molecule has 0 saturated carbocycles. The molecule has 0 atom stereocenters. The van der Waals surface area contributed by atoms with Gasteiger partial charge in [-0.05, 0) is 115 Å². The third-order valence-corrected chi connectivity index (χ3v) is 8.57. The maximum Gasteiger partial charge on any atom is 0.419 e. The van der Waals surface area contributed by atoms with Gasteiger partial charge in [0.1, 0.15) is 11.6 Å². The standard InChI is InChI=1S/C38H16F8N2/c39-35-7-3-21(15-33(35)37(41,42)43)19-1-5-23-27(13-19)25(9-11-47)31-18-32-26(10-12-48)28-14-20(2-6-24(28)30(32)17-29(23)31)22-4-8-36(40)34(16-22)38(44,45)46/h1-10,13-18H/b25-9+,26-10+. The fourth-order valence-corrected chi connectivity index (χ4v) is 6.43. The molecular weight excluding hydrogens is 636 g/mol. The Morgan fingerprint density at radius 3 is 1.12 bits per heavy atom. The lowest BCUT2D eigenvalue weighted by molar-refractivity contribution is -0.140. The summed E-state index contributed by atoms with van der Waals surface area (Å²) in [6.07, 6.45) is -7.16. The van der Waals surface area contributed by atoms with Crippen molar-refractivity contribution in [1.82, 2.24) is 0 Å². The first-order valence-corrected chi connectivity index (χ1v) is 14.2. The van der Waals surface area contributed by atoms with Gasteiger partial charge in [-0.2, -0.15) is 36.9 Å². The normalized spacial score (nSPS) is 14.7. The molecular formula is C38H16F8N2. The van der Waals surface area contributed by atoms with Crippen LogP contribution in [0.4, 0.5) is 35.1 Å². The Morgan fingerprint density at radius 2 is 0.750 bits per heavy atom. The molecule has 0 unspecified atom stereocenters. The zero-order chi connectivity index (χ0) is 34.1. The third kappa shape index (κ3) is 4.85. The van der Waals surface area contributed by atoms with Crippen LogP contribution in [0, 0.1) is 34.3 Å². The first-order valence-electron chi connectivity index (χ1n) is 14.2. The summed E-state index contributed by atoms with van der Waals surface area (Å²) in [7, 11) is 0. The van der Waals surface area contributed by atoms with E-state index in [9.17, 15) is 45.6 Å². The van der Waals surface area contributed by atoms with Gasteiger partial charge in [0, 0.05) is 23.3 Å². The van der Waals surface area contributed by atoms with E-state index in [2.05, 4.69) is 0 Å². The Labute approximate surface area is 267 Å². The molecule has 0 radical (unpaired) electrons. The third-order valence-electron chi connectivity index (χ3n) is 8.57. The van der Waals surface area contributed by atoms with E-state index in [-0.39, 0.29) is 11.1 Å². The van der Waals surface area contributed by atoms with Crippen LogP contribution in [0.15, 0.2) is 97.1 Å². The molecule has 234 valence electrons. The van der Waals surface area contributed by atoms with Gasteiger partial charge in [0.25, 0.3) is 0 Å². The molecule has 0 saturated heterocycles. The Balaban J connectivity index is 1.36. The van der Waals surface area contributed by atoms with E-state index in [1.165, 1.54) is 24.3 Å². The van der Waals surface area contributed by atoms with Crippen molar-refractivity contribution in [2.75, 3.05) is 0 Å². The van der Waals surface area contributed by atoms with Crippen molar-refractivity contribution in [3.05, 3.63) is 142 Å². The number of nitriles is 2. The van der Waals surface area contributed by atoms with Gasteiger partial charge in [0.05, 0.1) is 23.3 Å². The molecule has 0 N–H and O–H groups in total. The van der Waals surface area contributed by atoms with E-state index >= 15 is 0 Å². The molecule has 0 spiro atoms. The maximum absolute atomic E-state index is 14.0. The monoisotopic (exact) mass is 652 g/mol. The van der Waals surface area contributed by atoms with Gasteiger partial charge in [-0.1, -0.05) is 36.4 Å². The number of hydrogen-bond acceptors (Lipinski definition) is 2. The summed E-state index contributed by atoms with van der Waals surface area (Å²) in [5, 5.41) is 19.4. The van der Waals surface area contributed by atoms with Gasteiger partial charge in [-0.15, -0.1) is 0 Å². The summed E-state index contributed by atoms with van der Waals surface area (Å²) in [5.74, 6) is -2.78. The van der Waals surface area contributed by atoms with E-state index in [0.717, 1.165) is 24.3 Å². The highest BCUT2D eigenvalue weighted by Crippen LogP contribution is 2.53. The maximum atomic E-state index is 14.0. The molecule has 10 heteroatoms. The van der Waals surface area contributed by atoms with Gasteiger partial charge in [0.2, 0.25) is 0 Å². The highest BCUT2D eigenvalue weighted by molar-refractivity contribution is 6.10. The smallest absolute Gasteiger partial charge is 0.206 e. The summed E-state index contributed by atoms with van der Waals surface area (Å²) in [6, 6.07) is 23.1. The topological polar surface area (TPSA) is 47.6 Å². The fourth-order valence-electron chi connectivity index (χ4n) is 6.43. The second-order valence-corrected chi connectivity index (χ2v) is 11.2. The molecule has 0 heterocycles. The Morgan fingerprint density at radius 1 is 0.417 bits per heavy atom. The van der Waals surface area contributed by atoms with Crippen LogP contribution < -0.4 is 0 Å². The van der Waals surface area contributed by atoms with Gasteiger partial charge >= 0.3 is 12.4 Å². The average Bonchev–Trinajstić information content (AvgIpc) is 3.50. The second-order valence-electron chi connectivity index (χ2n) is 11.2. The number of alkyl halides is 6. The lowest BCUT2D eigenvalue weighted by Gasteiger charge is -2.12. The lowest BCUT2D eigenvalue weighted by Crippen LogP contribution is -2.08. The summed E-state index contributed by atoms with van der Waals surface area (Å²) in [5.41, 5.74) is 4.42. The molecule has 0 fully saturated rings. The van der Waals surface area contributed by atoms with Gasteiger partial charge in [0.15, 0.2) is 0 Å². The lowest BCUT2D eigenvalue weighted by atomic mass is 9.95. The number of hydrogen-bond donors (Lipinski definition) is 0. The van der Waals surface area contributed by atoms with Crippen LogP contribution >= 0.6 is 0 Å². The van der Waals surface area contributed by atoms with Crippen molar-refractivity contribution in [3.63, 3.8) is 0 Å². The summed E-state index contributed by atoms with van der Waals surface area (Å²) < 4.78 is 109. The van der Waals surface area contributed by atoms with Crippen LogP contribution in [0.5, 0.6) is 0 Å². The van der Waals surface area contributed by atoms with E-state index in [0.29, 0.717) is 66.8 Å². The Hall–Kier alpha value is -6.00. The number of nitrogens with zero attached hydrogens (tertiary/aromatic N) is 2. The first-order chi connectivity index (χ1) is 22.8. The molecule has 0 amide bonds. The van der Waals surface area contributed by atoms with Crippen LogP contribution in [0.25, 0.3) is 55.7 Å². The molecule has 5 aromatic carbocycles. The van der Waals surface area contributed by atoms with Crippen LogP contribution in [0.1, 0.15) is 33.4 Å². The van der Waals surface area contributed by atoms with Gasteiger partial charge in [-0.3, -0.25) is 0 Å². The molecule has 2 aliphatic rings. The number of halogens is 8. The second kappa shape index (κ2) is 10.8. The predicted molar refractivity (Wildman–Crippen MR) is 163 cm³/mol. The van der Waals surface area contributed by atoms with Crippen LogP contribution in [-0.4, -0.2) is 0 Å². The zero-order valence-corrected chi connectivity index (χ0v) is 24.2. The molecule has 0 aromatic heterocycles. The van der Waals surface area contributed by atoms with Crippen molar-refractivity contribution in [2.24, 2.45) is 0 Å². The molecule has 48 heavy (non-hydrogen) atoms. The minimum atomic E-state index is -4.89. The molecule has 0 aliphatic heterocycles. The number of allylic oxidation sites excluding steroid dienone is 2. The molecule has 7 rings (SSSR count). The highest BCUT2D eigenvalue weighted by atomic mass is 19.4. The number of fused-ring (bicyclic) bond motifs is 6. The minimum absolute atomic E-state index is 0.133. The SMILES string of the molecule is N#C/C=C1\c2cc(-c3ccc(F)c(C(F)(F)F)c3)ccc2-c2cc3c(cc21)/C(=C/C#N)c1cc(-c2ccc(F)c(C(F)(F)F)c2)ccc1-3. The van der Waals surface area contributed by atoms with Crippen molar-refractivity contribution in [1.29, 1.82) is 10.5 Å². The molecule has 2 aliphatic carbocycles. The van der Waals surface area contributed by atoms with Crippen LogP contribution in [0.2, 0.25) is 0 Å². The number of benzene rings is 5. The van der Waals surface area contributed by atoms with Crippen molar-refractivity contribution in [2.45, 2.75) is 12.4 Å². The quantitative estimate of drug-likeness (QED) is 0.138. The molecule has 2 nitrogen and oxygen atoms in total. The summed E-state index contributed by atoms with van der Waals surface area (Å²) in [4.78, 5) is 0. The van der Waals surface area contributed by atoms with E-state index in [4.69, 9.17) is 0 Å². The van der Waals surface area contributed by atoms with Crippen LogP contribution in [0.3, 0.4) is 0 Å². The highest BCUT2D eigenvalue weighted by Gasteiger charge is 2.36. The number of rotatable bonds is 2. The van der Waals surface area contributed by atoms with E-state index in [1.807, 2.05) is 18.2 Å². The van der Waals surface area contributed by atoms with Crippen molar-refractivity contribution >= 4 is 11.1 Å². The van der Waals surface area contributed by atoms with Gasteiger partial charge in [-0.25, -0.2) is 8.78 Å². The minimum Gasteiger partial charge on any atom is -0.206 e. The zero-order valence-electron chi connectivity index (χ0n) is 24.2. The largest absolute Gasteiger partial charge is 0.419 e. The molecule has 5 aromatic rings. The van der Waals surface area contributed by atoms with Crippen LogP contribution in [-0.2, 0) is 12.4 Å². The predicted octanol–water partition coefficient (Wildman–Crippen LogP) is 11.2. The average molecular weight is 653 g/mol. The van der Waals surface area contributed by atoms with Gasteiger partial charge < -0.3 is 0 Å².